The zero-order valence-corrected chi connectivity index (χ0v) is 11.0. The SMILES string of the molecule is CC(CCN)CCC(=O)NC(CC(=O)O)C1CC1. The molecular formula is C13H24N2O3. The summed E-state index contributed by atoms with van der Waals surface area (Å²) in [6, 6.07) is -0.181. The summed E-state index contributed by atoms with van der Waals surface area (Å²) in [5, 5.41) is 11.7. The van der Waals surface area contributed by atoms with Crippen molar-refractivity contribution in [1.82, 2.24) is 5.32 Å². The molecule has 1 aliphatic rings. The molecule has 4 N–H and O–H groups in total. The number of nitrogens with two attached hydrogens (primary N) is 1. The third-order valence-corrected chi connectivity index (χ3v) is 3.46. The lowest BCUT2D eigenvalue weighted by Crippen LogP contribution is -2.38. The van der Waals surface area contributed by atoms with Crippen molar-refractivity contribution in [3.05, 3.63) is 0 Å². The summed E-state index contributed by atoms with van der Waals surface area (Å²) in [6.07, 6.45) is 4.30. The Labute approximate surface area is 108 Å². The highest BCUT2D eigenvalue weighted by molar-refractivity contribution is 5.77. The first-order valence-corrected chi connectivity index (χ1v) is 6.74. The van der Waals surface area contributed by atoms with Crippen molar-refractivity contribution in [1.29, 1.82) is 0 Å². The molecule has 0 bridgehead atoms. The Morgan fingerprint density at radius 1 is 1.39 bits per heavy atom. The van der Waals surface area contributed by atoms with E-state index in [0.29, 0.717) is 24.8 Å². The first-order valence-electron chi connectivity index (χ1n) is 6.74. The number of carbonyl (C=O) groups excluding carboxylic acids is 1. The number of carboxylic acid groups (broad SMARTS) is 1. The third kappa shape index (κ3) is 6.00. The predicted molar refractivity (Wildman–Crippen MR) is 69.0 cm³/mol. The van der Waals surface area contributed by atoms with E-state index >= 15 is 0 Å². The molecule has 0 aromatic heterocycles. The van der Waals surface area contributed by atoms with Crippen LogP contribution in [0.2, 0.25) is 0 Å². The van der Waals surface area contributed by atoms with E-state index in [9.17, 15) is 9.59 Å². The molecular weight excluding hydrogens is 232 g/mol. The topological polar surface area (TPSA) is 92.4 Å². The number of aliphatic carboxylic acids is 1. The highest BCUT2D eigenvalue weighted by atomic mass is 16.4. The summed E-state index contributed by atoms with van der Waals surface area (Å²) in [7, 11) is 0. The van der Waals surface area contributed by atoms with Gasteiger partial charge in [0.15, 0.2) is 0 Å². The molecule has 1 aliphatic carbocycles. The van der Waals surface area contributed by atoms with Gasteiger partial charge >= 0.3 is 5.97 Å². The van der Waals surface area contributed by atoms with Crippen LogP contribution in [0.4, 0.5) is 0 Å². The van der Waals surface area contributed by atoms with Crippen LogP contribution < -0.4 is 11.1 Å². The summed E-state index contributed by atoms with van der Waals surface area (Å²) in [6.45, 7) is 2.72. The lowest BCUT2D eigenvalue weighted by molar-refractivity contribution is -0.137. The van der Waals surface area contributed by atoms with Crippen LogP contribution in [0.25, 0.3) is 0 Å². The fraction of sp³-hybridized carbons (Fsp3) is 0.846. The molecule has 0 aromatic carbocycles. The first-order chi connectivity index (χ1) is 8.52. The third-order valence-electron chi connectivity index (χ3n) is 3.46. The Morgan fingerprint density at radius 2 is 2.06 bits per heavy atom. The molecule has 1 saturated carbocycles. The van der Waals surface area contributed by atoms with Gasteiger partial charge in [-0.2, -0.15) is 0 Å². The van der Waals surface area contributed by atoms with Crippen LogP contribution >= 0.6 is 0 Å². The van der Waals surface area contributed by atoms with Crippen LogP contribution in [-0.4, -0.2) is 29.6 Å². The number of hydrogen-bond acceptors (Lipinski definition) is 3. The van der Waals surface area contributed by atoms with Crippen LogP contribution in [0.3, 0.4) is 0 Å². The molecule has 0 aromatic rings. The summed E-state index contributed by atoms with van der Waals surface area (Å²) < 4.78 is 0. The second kappa shape index (κ2) is 7.36. The van der Waals surface area contributed by atoms with Gasteiger partial charge in [0.1, 0.15) is 0 Å². The number of carbonyl (C=O) groups is 2. The molecule has 5 nitrogen and oxygen atoms in total. The second-order valence-electron chi connectivity index (χ2n) is 5.33. The number of hydrogen-bond donors (Lipinski definition) is 3. The van der Waals surface area contributed by atoms with E-state index in [0.717, 1.165) is 25.7 Å². The molecule has 0 saturated heterocycles. The average molecular weight is 256 g/mol. The quantitative estimate of drug-likeness (QED) is 0.576. The maximum Gasteiger partial charge on any atom is 0.305 e. The molecule has 1 rings (SSSR count). The van der Waals surface area contributed by atoms with Crippen LogP contribution in [-0.2, 0) is 9.59 Å². The first kappa shape index (κ1) is 15.0. The molecule has 104 valence electrons. The van der Waals surface area contributed by atoms with Crippen molar-refractivity contribution in [2.75, 3.05) is 6.54 Å². The van der Waals surface area contributed by atoms with Crippen LogP contribution in [0.5, 0.6) is 0 Å². The van der Waals surface area contributed by atoms with E-state index in [2.05, 4.69) is 12.2 Å². The minimum absolute atomic E-state index is 0.0305. The minimum atomic E-state index is -0.844. The van der Waals surface area contributed by atoms with Crippen LogP contribution in [0.1, 0.15) is 45.4 Å². The molecule has 1 amide bonds. The normalized spacial score (nSPS) is 18.1. The largest absolute Gasteiger partial charge is 0.481 e. The number of amides is 1. The summed E-state index contributed by atoms with van der Waals surface area (Å²) >= 11 is 0. The molecule has 5 heteroatoms. The highest BCUT2D eigenvalue weighted by Crippen LogP contribution is 2.34. The maximum atomic E-state index is 11.7. The van der Waals surface area contributed by atoms with Gasteiger partial charge in [-0.15, -0.1) is 0 Å². The monoisotopic (exact) mass is 256 g/mol. The Hall–Kier alpha value is -1.10. The Bertz CT molecular complexity index is 290. The van der Waals surface area contributed by atoms with Gasteiger partial charge < -0.3 is 16.2 Å². The average Bonchev–Trinajstić information content (AvgIpc) is 3.09. The molecule has 0 radical (unpaired) electrons. The van der Waals surface area contributed by atoms with E-state index in [1.807, 2.05) is 0 Å². The second-order valence-corrected chi connectivity index (χ2v) is 5.33. The Morgan fingerprint density at radius 3 is 2.56 bits per heavy atom. The smallest absolute Gasteiger partial charge is 0.305 e. The summed E-state index contributed by atoms with van der Waals surface area (Å²) in [4.78, 5) is 22.5. The molecule has 18 heavy (non-hydrogen) atoms. The van der Waals surface area contributed by atoms with Gasteiger partial charge in [-0.1, -0.05) is 6.92 Å². The van der Waals surface area contributed by atoms with Gasteiger partial charge in [0.25, 0.3) is 0 Å². The molecule has 0 spiro atoms. The fourth-order valence-electron chi connectivity index (χ4n) is 2.11. The van der Waals surface area contributed by atoms with Gasteiger partial charge in [0.05, 0.1) is 6.42 Å². The van der Waals surface area contributed by atoms with Crippen molar-refractivity contribution < 1.29 is 14.7 Å². The lowest BCUT2D eigenvalue weighted by atomic mass is 10.0. The molecule has 2 unspecified atom stereocenters. The van der Waals surface area contributed by atoms with Gasteiger partial charge in [0, 0.05) is 12.5 Å². The van der Waals surface area contributed by atoms with E-state index in [4.69, 9.17) is 10.8 Å². The van der Waals surface area contributed by atoms with Gasteiger partial charge in [-0.3, -0.25) is 9.59 Å². The molecule has 1 fully saturated rings. The van der Waals surface area contributed by atoms with E-state index in [1.165, 1.54) is 0 Å². The number of nitrogens with one attached hydrogen (secondary N) is 1. The van der Waals surface area contributed by atoms with E-state index < -0.39 is 5.97 Å². The number of rotatable bonds is 9. The molecule has 0 heterocycles. The molecule has 0 aliphatic heterocycles. The minimum Gasteiger partial charge on any atom is -0.481 e. The Balaban J connectivity index is 2.26. The summed E-state index contributed by atoms with van der Waals surface area (Å²) in [5.41, 5.74) is 5.45. The highest BCUT2D eigenvalue weighted by Gasteiger charge is 2.33. The predicted octanol–water partition coefficient (Wildman–Crippen LogP) is 1.12. The zero-order valence-electron chi connectivity index (χ0n) is 11.0. The van der Waals surface area contributed by atoms with Gasteiger partial charge in [-0.05, 0) is 44.1 Å². The van der Waals surface area contributed by atoms with Gasteiger partial charge in [0.2, 0.25) is 5.91 Å². The lowest BCUT2D eigenvalue weighted by Gasteiger charge is -2.17. The van der Waals surface area contributed by atoms with Crippen molar-refractivity contribution in [2.45, 2.75) is 51.5 Å². The van der Waals surface area contributed by atoms with Crippen LogP contribution in [0.15, 0.2) is 0 Å². The molecule has 2 atom stereocenters. The standard InChI is InChI=1S/C13H24N2O3/c1-9(6-7-14)2-5-12(16)15-11(8-13(17)18)10-3-4-10/h9-11H,2-8,14H2,1H3,(H,15,16)(H,17,18). The van der Waals surface area contributed by atoms with Crippen molar-refractivity contribution in [3.8, 4) is 0 Å². The van der Waals surface area contributed by atoms with Crippen molar-refractivity contribution in [3.63, 3.8) is 0 Å². The zero-order chi connectivity index (χ0) is 13.5. The van der Waals surface area contributed by atoms with E-state index in [1.54, 1.807) is 0 Å². The maximum absolute atomic E-state index is 11.7. The van der Waals surface area contributed by atoms with Crippen LogP contribution in [0, 0.1) is 11.8 Å². The van der Waals surface area contributed by atoms with Crippen molar-refractivity contribution in [2.24, 2.45) is 17.6 Å². The van der Waals surface area contributed by atoms with Crippen molar-refractivity contribution >= 4 is 11.9 Å². The summed E-state index contributed by atoms with van der Waals surface area (Å²) in [5.74, 6) is -0.0631. The fourth-order valence-corrected chi connectivity index (χ4v) is 2.11. The Kier molecular flexibility index (Phi) is 6.12. The van der Waals surface area contributed by atoms with Gasteiger partial charge in [-0.25, -0.2) is 0 Å². The van der Waals surface area contributed by atoms with E-state index in [-0.39, 0.29) is 18.4 Å². The number of carboxylic acids is 1.